The van der Waals surface area contributed by atoms with Gasteiger partial charge in [-0.3, -0.25) is 4.79 Å². The number of aryl methyl sites for hydroxylation is 2. The van der Waals surface area contributed by atoms with Crippen LogP contribution in [0, 0.1) is 18.3 Å². The van der Waals surface area contributed by atoms with Crippen molar-refractivity contribution < 1.29 is 4.79 Å². The third kappa shape index (κ3) is 4.04. The third-order valence-electron chi connectivity index (χ3n) is 4.16. The van der Waals surface area contributed by atoms with E-state index in [-0.39, 0.29) is 5.91 Å². The molecule has 2 aromatic carbocycles. The Bertz CT molecular complexity index is 1030. The molecule has 0 bridgehead atoms. The van der Waals surface area contributed by atoms with E-state index in [0.717, 1.165) is 32.2 Å². The van der Waals surface area contributed by atoms with Crippen LogP contribution in [0.4, 0.5) is 5.69 Å². The van der Waals surface area contributed by atoms with Crippen LogP contribution >= 0.6 is 15.9 Å². The van der Waals surface area contributed by atoms with E-state index in [0.29, 0.717) is 13.0 Å². The van der Waals surface area contributed by atoms with E-state index < -0.39 is 0 Å². The van der Waals surface area contributed by atoms with E-state index in [9.17, 15) is 4.79 Å². The number of nitrogens with zero attached hydrogens (tertiary/aromatic N) is 2. The second-order valence-corrected chi connectivity index (χ2v) is 6.90. The SMILES string of the molecule is Cc1ccc(Br)cc1NC(=O)/C=C/c1cn(CCC#N)c2ccccc12. The summed E-state index contributed by atoms with van der Waals surface area (Å²) in [6, 6.07) is 15.9. The zero-order chi connectivity index (χ0) is 18.5. The van der Waals surface area contributed by atoms with E-state index in [1.165, 1.54) is 6.08 Å². The Balaban J connectivity index is 1.83. The Morgan fingerprint density at radius 2 is 2.12 bits per heavy atom. The minimum atomic E-state index is -0.181. The van der Waals surface area contributed by atoms with Crippen molar-refractivity contribution in [1.29, 1.82) is 5.26 Å². The van der Waals surface area contributed by atoms with Crippen molar-refractivity contribution in [3.63, 3.8) is 0 Å². The maximum absolute atomic E-state index is 12.3. The number of carbonyl (C=O) groups excluding carboxylic acids is 1. The number of nitrogens with one attached hydrogen (secondary N) is 1. The molecule has 0 atom stereocenters. The van der Waals surface area contributed by atoms with Crippen molar-refractivity contribution in [1.82, 2.24) is 4.57 Å². The Morgan fingerprint density at radius 1 is 1.31 bits per heavy atom. The number of nitriles is 1. The van der Waals surface area contributed by atoms with Crippen LogP contribution in [0.3, 0.4) is 0 Å². The Kier molecular flexibility index (Phi) is 5.55. The highest BCUT2D eigenvalue weighted by atomic mass is 79.9. The van der Waals surface area contributed by atoms with Gasteiger partial charge in [0, 0.05) is 45.4 Å². The molecular weight excluding hydrogens is 390 g/mol. The van der Waals surface area contributed by atoms with Gasteiger partial charge in [0.05, 0.1) is 12.5 Å². The summed E-state index contributed by atoms with van der Waals surface area (Å²) in [5.41, 5.74) is 3.80. The number of para-hydroxylation sites is 1. The molecule has 3 aromatic rings. The number of halogens is 1. The van der Waals surface area contributed by atoms with Gasteiger partial charge in [-0.15, -0.1) is 0 Å². The van der Waals surface area contributed by atoms with Crippen LogP contribution in [-0.2, 0) is 11.3 Å². The lowest BCUT2D eigenvalue weighted by atomic mass is 10.1. The molecule has 26 heavy (non-hydrogen) atoms. The summed E-state index contributed by atoms with van der Waals surface area (Å²) in [4.78, 5) is 12.3. The van der Waals surface area contributed by atoms with Crippen molar-refractivity contribution in [2.75, 3.05) is 5.32 Å². The summed E-state index contributed by atoms with van der Waals surface area (Å²) in [6.07, 6.45) is 5.78. The van der Waals surface area contributed by atoms with Crippen LogP contribution in [0.2, 0.25) is 0 Å². The molecule has 0 aliphatic rings. The van der Waals surface area contributed by atoms with Gasteiger partial charge in [0.25, 0.3) is 0 Å². The highest BCUT2D eigenvalue weighted by Crippen LogP contribution is 2.23. The topological polar surface area (TPSA) is 57.8 Å². The van der Waals surface area contributed by atoms with E-state index in [1.54, 1.807) is 0 Å². The van der Waals surface area contributed by atoms with Crippen molar-refractivity contribution in [2.45, 2.75) is 19.9 Å². The summed E-state index contributed by atoms with van der Waals surface area (Å²) < 4.78 is 2.97. The number of benzene rings is 2. The number of hydrogen-bond acceptors (Lipinski definition) is 2. The van der Waals surface area contributed by atoms with Gasteiger partial charge in [-0.1, -0.05) is 40.2 Å². The smallest absolute Gasteiger partial charge is 0.248 e. The average molecular weight is 408 g/mol. The second-order valence-electron chi connectivity index (χ2n) is 5.98. The molecular formula is C21H18BrN3O. The van der Waals surface area contributed by atoms with Crippen molar-refractivity contribution in [2.24, 2.45) is 0 Å². The van der Waals surface area contributed by atoms with Crippen LogP contribution in [0.5, 0.6) is 0 Å². The lowest BCUT2D eigenvalue weighted by molar-refractivity contribution is -0.111. The first-order chi connectivity index (χ1) is 12.6. The van der Waals surface area contributed by atoms with Gasteiger partial charge in [0.2, 0.25) is 5.91 Å². The average Bonchev–Trinajstić information content (AvgIpc) is 2.99. The van der Waals surface area contributed by atoms with Gasteiger partial charge in [-0.25, -0.2) is 0 Å². The molecule has 1 amide bonds. The zero-order valence-corrected chi connectivity index (χ0v) is 16.0. The Hall–Kier alpha value is -2.84. The van der Waals surface area contributed by atoms with Gasteiger partial charge in [-0.2, -0.15) is 5.26 Å². The minimum Gasteiger partial charge on any atom is -0.346 e. The van der Waals surface area contributed by atoms with Crippen LogP contribution in [-0.4, -0.2) is 10.5 Å². The molecule has 0 radical (unpaired) electrons. The number of carbonyl (C=O) groups is 1. The fourth-order valence-corrected chi connectivity index (χ4v) is 3.19. The number of aromatic nitrogens is 1. The van der Waals surface area contributed by atoms with Gasteiger partial charge >= 0.3 is 0 Å². The maximum atomic E-state index is 12.3. The number of fused-ring (bicyclic) bond motifs is 1. The predicted octanol–water partition coefficient (Wildman–Crippen LogP) is 5.28. The summed E-state index contributed by atoms with van der Waals surface area (Å²) in [5, 5.41) is 12.8. The molecule has 1 heterocycles. The standard InChI is InChI=1S/C21H18BrN3O/c1-15-7-9-17(22)13-19(15)24-21(26)10-8-16-14-25(12-4-11-23)20-6-3-2-5-18(16)20/h2-3,5-10,13-14H,4,12H2,1H3,(H,24,26)/b10-8+. The molecule has 1 N–H and O–H groups in total. The zero-order valence-electron chi connectivity index (χ0n) is 14.4. The number of amides is 1. The first-order valence-electron chi connectivity index (χ1n) is 8.28. The molecule has 5 heteroatoms. The lowest BCUT2D eigenvalue weighted by Gasteiger charge is -2.06. The molecule has 0 aliphatic carbocycles. The van der Waals surface area contributed by atoms with Crippen molar-refractivity contribution >= 4 is 44.5 Å². The summed E-state index contributed by atoms with van der Waals surface area (Å²) >= 11 is 3.42. The fraction of sp³-hybridized carbons (Fsp3) is 0.143. The van der Waals surface area contributed by atoms with Gasteiger partial charge in [0.15, 0.2) is 0 Å². The highest BCUT2D eigenvalue weighted by molar-refractivity contribution is 9.10. The lowest BCUT2D eigenvalue weighted by Crippen LogP contribution is -2.08. The predicted molar refractivity (Wildman–Crippen MR) is 109 cm³/mol. The van der Waals surface area contributed by atoms with E-state index >= 15 is 0 Å². The molecule has 0 saturated carbocycles. The minimum absolute atomic E-state index is 0.181. The monoisotopic (exact) mass is 407 g/mol. The van der Waals surface area contributed by atoms with Gasteiger partial charge in [-0.05, 0) is 36.8 Å². The molecule has 0 saturated heterocycles. The van der Waals surface area contributed by atoms with Gasteiger partial charge in [0.1, 0.15) is 0 Å². The Labute approximate surface area is 160 Å². The number of rotatable bonds is 5. The molecule has 0 aliphatic heterocycles. The van der Waals surface area contributed by atoms with Crippen LogP contribution < -0.4 is 5.32 Å². The molecule has 0 unspecified atom stereocenters. The fourth-order valence-electron chi connectivity index (χ4n) is 2.83. The highest BCUT2D eigenvalue weighted by Gasteiger charge is 2.07. The molecule has 130 valence electrons. The van der Waals surface area contributed by atoms with E-state index in [1.807, 2.05) is 61.7 Å². The quantitative estimate of drug-likeness (QED) is 0.584. The van der Waals surface area contributed by atoms with Crippen LogP contribution in [0.15, 0.2) is 59.2 Å². The molecule has 4 nitrogen and oxygen atoms in total. The first kappa shape index (κ1) is 18.0. The first-order valence-corrected chi connectivity index (χ1v) is 9.08. The Morgan fingerprint density at radius 3 is 2.92 bits per heavy atom. The van der Waals surface area contributed by atoms with Crippen molar-refractivity contribution in [3.8, 4) is 6.07 Å². The second kappa shape index (κ2) is 8.03. The van der Waals surface area contributed by atoms with Crippen LogP contribution in [0.1, 0.15) is 17.5 Å². The number of anilines is 1. The molecule has 1 aromatic heterocycles. The summed E-state index contributed by atoms with van der Waals surface area (Å²) in [6.45, 7) is 2.59. The van der Waals surface area contributed by atoms with Crippen molar-refractivity contribution in [3.05, 3.63) is 70.3 Å². The van der Waals surface area contributed by atoms with E-state index in [4.69, 9.17) is 5.26 Å². The summed E-state index contributed by atoms with van der Waals surface area (Å²) in [7, 11) is 0. The number of hydrogen-bond donors (Lipinski definition) is 1. The molecule has 3 rings (SSSR count). The normalized spacial score (nSPS) is 11.0. The molecule has 0 spiro atoms. The summed E-state index contributed by atoms with van der Waals surface area (Å²) in [5.74, 6) is -0.181. The largest absolute Gasteiger partial charge is 0.346 e. The molecule has 0 fully saturated rings. The maximum Gasteiger partial charge on any atom is 0.248 e. The van der Waals surface area contributed by atoms with Crippen LogP contribution in [0.25, 0.3) is 17.0 Å². The van der Waals surface area contributed by atoms with E-state index in [2.05, 4.69) is 31.9 Å². The van der Waals surface area contributed by atoms with Gasteiger partial charge < -0.3 is 9.88 Å². The third-order valence-corrected chi connectivity index (χ3v) is 4.65.